The molecule has 0 aliphatic carbocycles. The number of hydrogen-bond donors (Lipinski definition) is 1. The van der Waals surface area contributed by atoms with Gasteiger partial charge in [-0.15, -0.1) is 0 Å². The van der Waals surface area contributed by atoms with Crippen LogP contribution in [0.4, 0.5) is 0 Å². The van der Waals surface area contributed by atoms with Crippen LogP contribution < -0.4 is 4.72 Å². The van der Waals surface area contributed by atoms with Crippen LogP contribution in [0, 0.1) is 0 Å². The van der Waals surface area contributed by atoms with Gasteiger partial charge in [-0.25, -0.2) is 8.42 Å². The molecule has 0 aromatic heterocycles. The van der Waals surface area contributed by atoms with Crippen molar-refractivity contribution in [3.63, 3.8) is 0 Å². The number of hydrogen-bond acceptors (Lipinski definition) is 3. The molecule has 1 atom stereocenters. The fraction of sp³-hybridized carbons (Fsp3) is 0.250. The Labute approximate surface area is 164 Å². The van der Waals surface area contributed by atoms with Crippen LogP contribution in [0.25, 0.3) is 5.57 Å². The molecular weight excluding hydrogens is 384 g/mol. The predicted molar refractivity (Wildman–Crippen MR) is 107 cm³/mol. The van der Waals surface area contributed by atoms with E-state index in [9.17, 15) is 13.2 Å². The van der Waals surface area contributed by atoms with Crippen molar-refractivity contribution in [3.8, 4) is 0 Å². The molecule has 27 heavy (non-hydrogen) atoms. The fourth-order valence-corrected chi connectivity index (χ4v) is 4.54. The van der Waals surface area contributed by atoms with Gasteiger partial charge in [0.1, 0.15) is 0 Å². The highest BCUT2D eigenvalue weighted by atomic mass is 35.5. The number of nitrogens with one attached hydrogen (secondary N) is 1. The molecule has 0 bridgehead atoms. The molecule has 2 aromatic rings. The molecule has 0 saturated heterocycles. The number of sulfonamides is 1. The highest BCUT2D eigenvalue weighted by Gasteiger charge is 2.27. The summed E-state index contributed by atoms with van der Waals surface area (Å²) in [5.41, 5.74) is 2.35. The Kier molecular flexibility index (Phi) is 5.99. The van der Waals surface area contributed by atoms with Crippen molar-refractivity contribution >= 4 is 33.1 Å². The number of amides is 1. The molecule has 0 saturated carbocycles. The lowest BCUT2D eigenvalue weighted by Crippen LogP contribution is -2.48. The number of carbonyl (C=O) groups excluding carboxylic acids is 1. The van der Waals surface area contributed by atoms with Gasteiger partial charge in [0.15, 0.2) is 0 Å². The van der Waals surface area contributed by atoms with E-state index in [1.807, 2.05) is 36.4 Å². The van der Waals surface area contributed by atoms with Crippen LogP contribution in [-0.4, -0.2) is 38.4 Å². The zero-order chi connectivity index (χ0) is 19.4. The maximum Gasteiger partial charge on any atom is 0.241 e. The summed E-state index contributed by atoms with van der Waals surface area (Å²) in [6, 6.07) is 15.1. The van der Waals surface area contributed by atoms with Crippen molar-refractivity contribution in [2.45, 2.75) is 24.3 Å². The molecule has 1 N–H and O–H groups in total. The molecule has 1 heterocycles. The second-order valence-corrected chi connectivity index (χ2v) is 8.58. The Morgan fingerprint density at radius 3 is 2.52 bits per heavy atom. The summed E-state index contributed by atoms with van der Waals surface area (Å²) >= 11 is 5.86. The van der Waals surface area contributed by atoms with Gasteiger partial charge in [-0.05, 0) is 42.7 Å². The van der Waals surface area contributed by atoms with E-state index in [4.69, 9.17) is 11.6 Å². The fourth-order valence-electron chi connectivity index (χ4n) is 3.04. The molecule has 0 radical (unpaired) electrons. The van der Waals surface area contributed by atoms with Crippen molar-refractivity contribution < 1.29 is 13.2 Å². The Morgan fingerprint density at radius 2 is 1.89 bits per heavy atom. The lowest BCUT2D eigenvalue weighted by atomic mass is 9.99. The van der Waals surface area contributed by atoms with Gasteiger partial charge in [-0.2, -0.15) is 4.72 Å². The van der Waals surface area contributed by atoms with Crippen molar-refractivity contribution in [3.05, 3.63) is 71.3 Å². The van der Waals surface area contributed by atoms with Gasteiger partial charge in [0, 0.05) is 18.1 Å². The Bertz CT molecular complexity index is 958. The molecule has 1 aliphatic rings. The van der Waals surface area contributed by atoms with Crippen LogP contribution in [0.2, 0.25) is 5.02 Å². The van der Waals surface area contributed by atoms with Gasteiger partial charge in [0.2, 0.25) is 15.9 Å². The van der Waals surface area contributed by atoms with Crippen LogP contribution in [0.15, 0.2) is 65.6 Å². The maximum atomic E-state index is 12.7. The van der Waals surface area contributed by atoms with Crippen molar-refractivity contribution in [1.29, 1.82) is 0 Å². The Morgan fingerprint density at radius 1 is 1.15 bits per heavy atom. The summed E-state index contributed by atoms with van der Waals surface area (Å²) in [6.45, 7) is 2.58. The zero-order valence-corrected chi connectivity index (χ0v) is 16.5. The number of nitrogens with zero attached hydrogens (tertiary/aromatic N) is 1. The van der Waals surface area contributed by atoms with E-state index in [0.717, 1.165) is 12.0 Å². The Hall–Kier alpha value is -2.15. The molecule has 3 rings (SSSR count). The van der Waals surface area contributed by atoms with E-state index in [2.05, 4.69) is 4.72 Å². The smallest absolute Gasteiger partial charge is 0.241 e. The molecule has 0 spiro atoms. The first-order valence-corrected chi connectivity index (χ1v) is 10.5. The second kappa shape index (κ2) is 8.25. The lowest BCUT2D eigenvalue weighted by molar-refractivity contribution is -0.132. The minimum absolute atomic E-state index is 0.0413. The van der Waals surface area contributed by atoms with E-state index in [1.165, 1.54) is 17.7 Å². The van der Waals surface area contributed by atoms with Crippen molar-refractivity contribution in [2.75, 3.05) is 13.1 Å². The van der Waals surface area contributed by atoms with Gasteiger partial charge in [-0.3, -0.25) is 4.79 Å². The van der Waals surface area contributed by atoms with E-state index in [0.29, 0.717) is 18.1 Å². The molecule has 7 heteroatoms. The van der Waals surface area contributed by atoms with E-state index in [-0.39, 0.29) is 10.8 Å². The topological polar surface area (TPSA) is 66.5 Å². The zero-order valence-electron chi connectivity index (χ0n) is 14.9. The average molecular weight is 405 g/mol. The number of benzene rings is 2. The second-order valence-electron chi connectivity index (χ2n) is 6.43. The molecular formula is C20H21ClN2O3S. The third-order valence-corrected chi connectivity index (χ3v) is 6.25. The third-order valence-electron chi connectivity index (χ3n) is 4.47. The van der Waals surface area contributed by atoms with Crippen LogP contribution in [0.5, 0.6) is 0 Å². The summed E-state index contributed by atoms with van der Waals surface area (Å²) in [5, 5.41) is 0.325. The summed E-state index contributed by atoms with van der Waals surface area (Å²) in [6.07, 6.45) is 2.76. The standard InChI is InChI=1S/C20H21ClN2O3S/c1-15(22-27(25,26)19-9-5-8-18(21)14-19)20(24)23-12-10-17(11-13-23)16-6-3-2-4-7-16/h2-10,14-15,22H,11-13H2,1H3/t15-/m1/s1. The molecule has 2 aromatic carbocycles. The molecule has 0 unspecified atom stereocenters. The first kappa shape index (κ1) is 19.6. The quantitative estimate of drug-likeness (QED) is 0.831. The molecule has 0 fully saturated rings. The third kappa shape index (κ3) is 4.77. The Balaban J connectivity index is 1.65. The van der Waals surface area contributed by atoms with Crippen molar-refractivity contribution in [1.82, 2.24) is 9.62 Å². The van der Waals surface area contributed by atoms with E-state index < -0.39 is 16.1 Å². The predicted octanol–water partition coefficient (Wildman–Crippen LogP) is 3.32. The van der Waals surface area contributed by atoms with Crippen LogP contribution in [0.1, 0.15) is 18.9 Å². The number of carbonyl (C=O) groups is 1. The largest absolute Gasteiger partial charge is 0.337 e. The molecule has 1 aliphatic heterocycles. The lowest BCUT2D eigenvalue weighted by Gasteiger charge is -2.29. The maximum absolute atomic E-state index is 12.7. The van der Waals surface area contributed by atoms with Crippen LogP contribution in [0.3, 0.4) is 0 Å². The first-order chi connectivity index (χ1) is 12.9. The average Bonchev–Trinajstić information content (AvgIpc) is 2.68. The minimum Gasteiger partial charge on any atom is -0.337 e. The summed E-state index contributed by atoms with van der Waals surface area (Å²) in [5.74, 6) is -0.246. The normalized spacial score (nSPS) is 15.9. The highest BCUT2D eigenvalue weighted by molar-refractivity contribution is 7.89. The first-order valence-electron chi connectivity index (χ1n) is 8.68. The summed E-state index contributed by atoms with van der Waals surface area (Å²) < 4.78 is 27.4. The van der Waals surface area contributed by atoms with Gasteiger partial charge in [0.25, 0.3) is 0 Å². The minimum atomic E-state index is -3.82. The summed E-state index contributed by atoms with van der Waals surface area (Å²) in [4.78, 5) is 14.4. The van der Waals surface area contributed by atoms with E-state index >= 15 is 0 Å². The SMILES string of the molecule is C[C@@H](NS(=O)(=O)c1cccc(Cl)c1)C(=O)N1CC=C(c2ccccc2)CC1. The van der Waals surface area contributed by atoms with Crippen LogP contribution >= 0.6 is 11.6 Å². The highest BCUT2D eigenvalue weighted by Crippen LogP contribution is 2.22. The van der Waals surface area contributed by atoms with E-state index in [1.54, 1.807) is 24.0 Å². The molecule has 1 amide bonds. The monoisotopic (exact) mass is 404 g/mol. The number of halogens is 1. The van der Waals surface area contributed by atoms with Crippen molar-refractivity contribution in [2.24, 2.45) is 0 Å². The van der Waals surface area contributed by atoms with Gasteiger partial charge in [0.05, 0.1) is 10.9 Å². The van der Waals surface area contributed by atoms with Gasteiger partial charge < -0.3 is 4.90 Å². The number of rotatable bonds is 5. The molecule has 142 valence electrons. The van der Waals surface area contributed by atoms with Gasteiger partial charge in [-0.1, -0.05) is 54.1 Å². The molecule has 5 nitrogen and oxygen atoms in total. The van der Waals surface area contributed by atoms with Gasteiger partial charge >= 0.3 is 0 Å². The summed E-state index contributed by atoms with van der Waals surface area (Å²) in [7, 11) is -3.82. The van der Waals surface area contributed by atoms with Crippen LogP contribution in [-0.2, 0) is 14.8 Å².